The molecule has 0 radical (unpaired) electrons. The number of halogens is 2. The Bertz CT molecular complexity index is 905. The molecule has 8 heteroatoms. The number of thioether (sulfide) groups is 1. The van der Waals surface area contributed by atoms with Crippen LogP contribution >= 0.6 is 35.0 Å². The number of carbonyl (C=O) groups is 2. The molecule has 2 aromatic carbocycles. The molecular formula is C18H13Cl2NO4S. The average Bonchev–Trinajstić information content (AvgIpc) is 2.95. The second-order valence-corrected chi connectivity index (χ2v) is 7.89. The van der Waals surface area contributed by atoms with E-state index in [9.17, 15) is 9.59 Å². The SMILES string of the molecule is O=C1NC(=O)C([C@@H]2CCOc3cc(Oc4ccc(Cl)cc4Cl)ccc32)S1. The van der Waals surface area contributed by atoms with Crippen LogP contribution in [-0.2, 0) is 4.79 Å². The normalized spacial score (nSPS) is 21.8. The topological polar surface area (TPSA) is 64.6 Å². The van der Waals surface area contributed by atoms with Crippen molar-refractivity contribution in [1.29, 1.82) is 0 Å². The fraction of sp³-hybridized carbons (Fsp3) is 0.222. The van der Waals surface area contributed by atoms with E-state index in [2.05, 4.69) is 5.32 Å². The summed E-state index contributed by atoms with van der Waals surface area (Å²) in [6.07, 6.45) is 0.675. The molecule has 4 rings (SSSR count). The molecule has 1 fully saturated rings. The molecule has 134 valence electrons. The predicted molar refractivity (Wildman–Crippen MR) is 101 cm³/mol. The Labute approximate surface area is 163 Å². The Morgan fingerprint density at radius 3 is 2.73 bits per heavy atom. The lowest BCUT2D eigenvalue weighted by Crippen LogP contribution is -2.31. The number of hydrogen-bond acceptors (Lipinski definition) is 5. The van der Waals surface area contributed by atoms with Crippen LogP contribution in [-0.4, -0.2) is 23.0 Å². The quantitative estimate of drug-likeness (QED) is 0.771. The van der Waals surface area contributed by atoms with Gasteiger partial charge in [-0.05, 0) is 36.2 Å². The summed E-state index contributed by atoms with van der Waals surface area (Å²) in [7, 11) is 0. The summed E-state index contributed by atoms with van der Waals surface area (Å²) in [5.41, 5.74) is 0.896. The summed E-state index contributed by atoms with van der Waals surface area (Å²) in [4.78, 5) is 23.5. The van der Waals surface area contributed by atoms with Gasteiger partial charge >= 0.3 is 0 Å². The highest BCUT2D eigenvalue weighted by Gasteiger charge is 2.40. The molecule has 1 saturated heterocycles. The van der Waals surface area contributed by atoms with Gasteiger partial charge in [-0.3, -0.25) is 14.9 Å². The van der Waals surface area contributed by atoms with Gasteiger partial charge in [-0.15, -0.1) is 0 Å². The molecule has 2 atom stereocenters. The van der Waals surface area contributed by atoms with E-state index >= 15 is 0 Å². The van der Waals surface area contributed by atoms with Crippen LogP contribution in [0.1, 0.15) is 17.9 Å². The van der Waals surface area contributed by atoms with Crippen molar-refractivity contribution in [2.75, 3.05) is 6.61 Å². The van der Waals surface area contributed by atoms with Crippen molar-refractivity contribution in [2.24, 2.45) is 0 Å². The molecular weight excluding hydrogens is 397 g/mol. The van der Waals surface area contributed by atoms with Crippen LogP contribution < -0.4 is 14.8 Å². The fourth-order valence-corrected chi connectivity index (χ4v) is 4.55. The summed E-state index contributed by atoms with van der Waals surface area (Å²) in [5, 5.41) is 2.55. The highest BCUT2D eigenvalue weighted by Crippen LogP contribution is 2.44. The van der Waals surface area contributed by atoms with Crippen LogP contribution in [0.4, 0.5) is 4.79 Å². The lowest BCUT2D eigenvalue weighted by Gasteiger charge is -2.28. The molecule has 2 aromatic rings. The molecule has 26 heavy (non-hydrogen) atoms. The van der Waals surface area contributed by atoms with Crippen LogP contribution in [0, 0.1) is 0 Å². The van der Waals surface area contributed by atoms with Gasteiger partial charge in [0.1, 0.15) is 22.5 Å². The third-order valence-electron chi connectivity index (χ3n) is 4.28. The minimum Gasteiger partial charge on any atom is -0.493 e. The third kappa shape index (κ3) is 3.37. The summed E-state index contributed by atoms with van der Waals surface area (Å²) in [6.45, 7) is 0.474. The molecule has 2 amide bonds. The minimum atomic E-state index is -0.428. The molecule has 0 aliphatic carbocycles. The van der Waals surface area contributed by atoms with Crippen molar-refractivity contribution in [3.63, 3.8) is 0 Å². The minimum absolute atomic E-state index is 0.0802. The van der Waals surface area contributed by atoms with Gasteiger partial charge in [0, 0.05) is 17.0 Å². The Kier molecular flexibility index (Phi) is 4.73. The van der Waals surface area contributed by atoms with E-state index in [1.54, 1.807) is 30.3 Å². The maximum Gasteiger partial charge on any atom is 0.286 e. The number of ether oxygens (including phenoxy) is 2. The number of benzene rings is 2. The van der Waals surface area contributed by atoms with E-state index in [-0.39, 0.29) is 17.1 Å². The van der Waals surface area contributed by atoms with Crippen molar-refractivity contribution in [3.8, 4) is 17.2 Å². The van der Waals surface area contributed by atoms with Crippen molar-refractivity contribution < 1.29 is 19.1 Å². The Morgan fingerprint density at radius 1 is 1.15 bits per heavy atom. The van der Waals surface area contributed by atoms with Gasteiger partial charge < -0.3 is 9.47 Å². The van der Waals surface area contributed by atoms with Crippen molar-refractivity contribution in [1.82, 2.24) is 5.32 Å². The number of nitrogens with one attached hydrogen (secondary N) is 1. The number of carbonyl (C=O) groups excluding carboxylic acids is 2. The zero-order valence-corrected chi connectivity index (χ0v) is 15.7. The number of rotatable bonds is 3. The van der Waals surface area contributed by atoms with E-state index in [4.69, 9.17) is 32.7 Å². The number of imide groups is 1. The summed E-state index contributed by atoms with van der Waals surface area (Å²) in [6, 6.07) is 10.4. The monoisotopic (exact) mass is 409 g/mol. The molecule has 2 heterocycles. The highest BCUT2D eigenvalue weighted by atomic mass is 35.5. The van der Waals surface area contributed by atoms with E-state index in [1.165, 1.54) is 0 Å². The van der Waals surface area contributed by atoms with Crippen LogP contribution in [0.3, 0.4) is 0 Å². The predicted octanol–water partition coefficient (Wildman–Crippen LogP) is 5.00. The van der Waals surface area contributed by atoms with Crippen molar-refractivity contribution in [2.45, 2.75) is 17.6 Å². The maximum atomic E-state index is 12.0. The van der Waals surface area contributed by atoms with E-state index < -0.39 is 5.25 Å². The van der Waals surface area contributed by atoms with Gasteiger partial charge in [0.25, 0.3) is 5.24 Å². The van der Waals surface area contributed by atoms with Gasteiger partial charge in [-0.25, -0.2) is 0 Å². The average molecular weight is 410 g/mol. The van der Waals surface area contributed by atoms with Gasteiger partial charge in [0.15, 0.2) is 0 Å². The highest BCUT2D eigenvalue weighted by molar-refractivity contribution is 8.15. The zero-order chi connectivity index (χ0) is 18.3. The molecule has 0 saturated carbocycles. The van der Waals surface area contributed by atoms with E-state index in [0.29, 0.717) is 40.3 Å². The molecule has 0 bridgehead atoms. The van der Waals surface area contributed by atoms with Gasteiger partial charge in [0.2, 0.25) is 5.91 Å². The standard InChI is InChI=1S/C18H13Cl2NO4S/c19-9-1-4-14(13(20)7-9)25-10-2-3-11-12(5-6-24-15(11)8-10)16-17(22)21-18(23)26-16/h1-4,7-8,12,16H,5-6H2,(H,21,22,23)/t12-,16?/m1/s1. The van der Waals surface area contributed by atoms with Crippen molar-refractivity contribution in [3.05, 3.63) is 52.0 Å². The Balaban J connectivity index is 1.60. The lowest BCUT2D eigenvalue weighted by atomic mass is 9.89. The second kappa shape index (κ2) is 7.02. The molecule has 1 unspecified atom stereocenters. The molecule has 0 aromatic heterocycles. The Morgan fingerprint density at radius 2 is 2.00 bits per heavy atom. The summed E-state index contributed by atoms with van der Waals surface area (Å²) < 4.78 is 11.6. The maximum absolute atomic E-state index is 12.0. The molecule has 1 N–H and O–H groups in total. The fourth-order valence-electron chi connectivity index (χ4n) is 3.10. The smallest absolute Gasteiger partial charge is 0.286 e. The van der Waals surface area contributed by atoms with E-state index in [1.807, 2.05) is 6.07 Å². The first kappa shape index (κ1) is 17.5. The van der Waals surface area contributed by atoms with Gasteiger partial charge in [0.05, 0.1) is 11.6 Å². The second-order valence-electron chi connectivity index (χ2n) is 5.94. The third-order valence-corrected chi connectivity index (χ3v) is 5.92. The zero-order valence-electron chi connectivity index (χ0n) is 13.3. The lowest BCUT2D eigenvalue weighted by molar-refractivity contribution is -0.119. The van der Waals surface area contributed by atoms with Gasteiger partial charge in [-0.1, -0.05) is 41.0 Å². The van der Waals surface area contributed by atoms with Crippen LogP contribution in [0.5, 0.6) is 17.2 Å². The number of amides is 2. The number of hydrogen-bond donors (Lipinski definition) is 1. The molecule has 2 aliphatic heterocycles. The molecule has 5 nitrogen and oxygen atoms in total. The van der Waals surface area contributed by atoms with Crippen LogP contribution in [0.2, 0.25) is 10.0 Å². The largest absolute Gasteiger partial charge is 0.493 e. The first-order chi connectivity index (χ1) is 12.5. The Hall–Kier alpha value is -1.89. The van der Waals surface area contributed by atoms with E-state index in [0.717, 1.165) is 17.3 Å². The molecule has 0 spiro atoms. The van der Waals surface area contributed by atoms with Crippen LogP contribution in [0.25, 0.3) is 0 Å². The van der Waals surface area contributed by atoms with Gasteiger partial charge in [-0.2, -0.15) is 0 Å². The number of fused-ring (bicyclic) bond motifs is 1. The van der Waals surface area contributed by atoms with Crippen molar-refractivity contribution >= 4 is 46.1 Å². The summed E-state index contributed by atoms with van der Waals surface area (Å²) >= 11 is 13.1. The first-order valence-corrected chi connectivity index (χ1v) is 9.56. The first-order valence-electron chi connectivity index (χ1n) is 7.92. The molecule has 2 aliphatic rings. The van der Waals surface area contributed by atoms with Crippen LogP contribution in [0.15, 0.2) is 36.4 Å². The summed E-state index contributed by atoms with van der Waals surface area (Å²) in [5.74, 6) is 1.37.